The zero-order chi connectivity index (χ0) is 17.0. The molecule has 0 aromatic heterocycles. The zero-order valence-electron chi connectivity index (χ0n) is 12.7. The second kappa shape index (κ2) is 6.58. The summed E-state index contributed by atoms with van der Waals surface area (Å²) >= 11 is 0. The molecular weight excluding hydrogens is 306 g/mol. The summed E-state index contributed by atoms with van der Waals surface area (Å²) in [7, 11) is -2.56. The summed E-state index contributed by atoms with van der Waals surface area (Å²) in [6.07, 6.45) is 0. The molecule has 0 atom stereocenters. The Labute approximate surface area is 129 Å². The summed E-state index contributed by atoms with van der Waals surface area (Å²) < 4.78 is 27.7. The highest BCUT2D eigenvalue weighted by Crippen LogP contribution is 2.18. The lowest BCUT2D eigenvalue weighted by atomic mass is 10.2. The quantitative estimate of drug-likeness (QED) is 0.394. The van der Waals surface area contributed by atoms with Gasteiger partial charge in [-0.1, -0.05) is 0 Å². The average molecular weight is 323 g/mol. The molecule has 1 aromatic carbocycles. The molecule has 1 rings (SSSR count). The van der Waals surface area contributed by atoms with Crippen molar-refractivity contribution in [2.45, 2.75) is 25.5 Å². The Bertz CT molecular complexity index is 723. The molecule has 0 spiro atoms. The minimum absolute atomic E-state index is 0.347. The van der Waals surface area contributed by atoms with E-state index in [2.05, 4.69) is 15.3 Å². The van der Waals surface area contributed by atoms with E-state index in [1.807, 2.05) is 0 Å². The largest absolute Gasteiger partial charge is 0.465 e. The first-order valence-electron chi connectivity index (χ1n) is 6.30. The molecule has 7 nitrogen and oxygen atoms in total. The van der Waals surface area contributed by atoms with Gasteiger partial charge in [0.05, 0.1) is 23.1 Å². The number of sulfone groups is 1. The third-order valence-corrected chi connectivity index (χ3v) is 5.05. The smallest absolute Gasteiger partial charge is 0.337 e. The van der Waals surface area contributed by atoms with Gasteiger partial charge in [0, 0.05) is 0 Å². The minimum atomic E-state index is -3.83. The van der Waals surface area contributed by atoms with E-state index in [9.17, 15) is 13.2 Å². The summed E-state index contributed by atoms with van der Waals surface area (Å²) in [5.74, 6) is -0.483. The van der Waals surface area contributed by atoms with E-state index in [1.165, 1.54) is 52.1 Å². The molecule has 8 heteroatoms. The Balaban J connectivity index is 3.00. The lowest BCUT2D eigenvalue weighted by molar-refractivity contribution is 0.0601. The highest BCUT2D eigenvalue weighted by atomic mass is 32.2. The Morgan fingerprint density at radius 1 is 1.27 bits per heavy atom. The number of hydrazone groups is 1. The van der Waals surface area contributed by atoms with Crippen LogP contribution in [-0.4, -0.2) is 31.3 Å². The molecule has 0 radical (unpaired) electrons. The molecule has 0 saturated carbocycles. The highest BCUT2D eigenvalue weighted by Gasteiger charge is 2.34. The fourth-order valence-electron chi connectivity index (χ4n) is 1.35. The molecule has 0 amide bonds. The molecule has 118 valence electrons. The number of anilines is 1. The topological polar surface area (TPSA) is 109 Å². The van der Waals surface area contributed by atoms with Crippen LogP contribution >= 0.6 is 0 Å². The summed E-state index contributed by atoms with van der Waals surface area (Å²) in [6.45, 7) is 4.46. The summed E-state index contributed by atoms with van der Waals surface area (Å²) in [4.78, 5) is 11.3. The molecule has 0 bridgehead atoms. The van der Waals surface area contributed by atoms with Crippen LogP contribution in [0, 0.1) is 11.3 Å². The summed E-state index contributed by atoms with van der Waals surface area (Å²) in [5, 5.41) is 12.0. The fourth-order valence-corrected chi connectivity index (χ4v) is 2.22. The van der Waals surface area contributed by atoms with Crippen molar-refractivity contribution in [1.82, 2.24) is 0 Å². The van der Waals surface area contributed by atoms with E-state index >= 15 is 0 Å². The van der Waals surface area contributed by atoms with Crippen molar-refractivity contribution in [2.75, 3.05) is 12.5 Å². The van der Waals surface area contributed by atoms with Gasteiger partial charge in [-0.2, -0.15) is 10.4 Å². The molecular formula is C14H17N3O4S. The van der Waals surface area contributed by atoms with Crippen molar-refractivity contribution < 1.29 is 17.9 Å². The van der Waals surface area contributed by atoms with Gasteiger partial charge in [0.1, 0.15) is 6.07 Å². The van der Waals surface area contributed by atoms with Crippen LogP contribution in [0.1, 0.15) is 31.1 Å². The number of nitriles is 1. The number of hydrogen-bond acceptors (Lipinski definition) is 7. The molecule has 0 saturated heterocycles. The van der Waals surface area contributed by atoms with E-state index in [0.29, 0.717) is 11.3 Å². The van der Waals surface area contributed by atoms with Gasteiger partial charge in [-0.25, -0.2) is 13.2 Å². The van der Waals surface area contributed by atoms with E-state index < -0.39 is 25.6 Å². The number of benzene rings is 1. The maximum absolute atomic E-state index is 12.1. The SMILES string of the molecule is COC(=O)c1ccc(N/N=C(\C#N)S(=O)(=O)C(C)(C)C)cc1. The lowest BCUT2D eigenvalue weighted by Gasteiger charge is -2.17. The number of methoxy groups -OCH3 is 1. The van der Waals surface area contributed by atoms with E-state index in [1.54, 1.807) is 6.07 Å². The first-order chi connectivity index (χ1) is 10.1. The minimum Gasteiger partial charge on any atom is -0.465 e. The molecule has 0 fully saturated rings. The van der Waals surface area contributed by atoms with E-state index in [0.717, 1.165) is 0 Å². The van der Waals surface area contributed by atoms with E-state index in [-0.39, 0.29) is 0 Å². The van der Waals surface area contributed by atoms with Gasteiger partial charge in [0.15, 0.2) is 0 Å². The molecule has 0 heterocycles. The molecule has 0 aliphatic heterocycles. The number of nitrogens with one attached hydrogen (secondary N) is 1. The first-order valence-corrected chi connectivity index (χ1v) is 7.78. The Kier molecular flexibility index (Phi) is 5.28. The second-order valence-electron chi connectivity index (χ2n) is 5.33. The van der Waals surface area contributed by atoms with Crippen LogP contribution in [0.4, 0.5) is 5.69 Å². The fraction of sp³-hybridized carbons (Fsp3) is 0.357. The van der Waals surface area contributed by atoms with Crippen LogP contribution < -0.4 is 5.43 Å². The normalized spacial score (nSPS) is 12.4. The Morgan fingerprint density at radius 2 is 1.82 bits per heavy atom. The average Bonchev–Trinajstić information content (AvgIpc) is 2.46. The predicted octanol–water partition coefficient (Wildman–Crippen LogP) is 1.94. The molecule has 0 aliphatic carbocycles. The predicted molar refractivity (Wildman–Crippen MR) is 83.1 cm³/mol. The van der Waals surface area contributed by atoms with Gasteiger partial charge in [0.2, 0.25) is 9.84 Å². The van der Waals surface area contributed by atoms with Crippen molar-refractivity contribution in [3.63, 3.8) is 0 Å². The number of esters is 1. The lowest BCUT2D eigenvalue weighted by Crippen LogP contribution is -2.34. The van der Waals surface area contributed by atoms with Crippen molar-refractivity contribution in [3.8, 4) is 6.07 Å². The molecule has 22 heavy (non-hydrogen) atoms. The third kappa shape index (κ3) is 3.83. The standard InChI is InChI=1S/C14H17N3O4S/c1-14(2,3)22(19,20)12(9-15)17-16-11-7-5-10(6-8-11)13(18)21-4/h5-8,16H,1-4H3/b17-12+. The van der Waals surface area contributed by atoms with Gasteiger partial charge >= 0.3 is 5.97 Å². The zero-order valence-corrected chi connectivity index (χ0v) is 13.6. The van der Waals surface area contributed by atoms with Gasteiger partial charge in [-0.15, -0.1) is 0 Å². The Hall–Kier alpha value is -2.40. The number of ether oxygens (including phenoxy) is 1. The van der Waals surface area contributed by atoms with Crippen LogP contribution in [0.15, 0.2) is 29.4 Å². The number of rotatable bonds is 3. The monoisotopic (exact) mass is 323 g/mol. The summed E-state index contributed by atoms with van der Waals surface area (Å²) in [6, 6.07) is 7.62. The molecule has 0 aliphatic rings. The number of nitrogens with zero attached hydrogens (tertiary/aromatic N) is 2. The van der Waals surface area contributed by atoms with E-state index in [4.69, 9.17) is 5.26 Å². The molecule has 1 N–H and O–H groups in total. The van der Waals surface area contributed by atoms with Crippen LogP contribution in [-0.2, 0) is 14.6 Å². The maximum Gasteiger partial charge on any atom is 0.337 e. The van der Waals surface area contributed by atoms with Crippen molar-refractivity contribution >= 4 is 26.5 Å². The third-order valence-electron chi connectivity index (χ3n) is 2.75. The molecule has 1 aromatic rings. The van der Waals surface area contributed by atoms with Crippen molar-refractivity contribution in [3.05, 3.63) is 29.8 Å². The number of carbonyl (C=O) groups is 1. The number of hydrogen-bond donors (Lipinski definition) is 1. The summed E-state index contributed by atoms with van der Waals surface area (Å²) in [5.41, 5.74) is 3.27. The van der Waals surface area contributed by atoms with Crippen LogP contribution in [0.25, 0.3) is 0 Å². The van der Waals surface area contributed by atoms with Gasteiger partial charge in [-0.05, 0) is 45.0 Å². The maximum atomic E-state index is 12.1. The van der Waals surface area contributed by atoms with Crippen molar-refractivity contribution in [2.24, 2.45) is 5.10 Å². The van der Waals surface area contributed by atoms with Gasteiger partial charge in [-0.3, -0.25) is 5.43 Å². The van der Waals surface area contributed by atoms with Crippen LogP contribution in [0.2, 0.25) is 0 Å². The van der Waals surface area contributed by atoms with Gasteiger partial charge < -0.3 is 4.74 Å². The van der Waals surface area contributed by atoms with Crippen LogP contribution in [0.3, 0.4) is 0 Å². The first kappa shape index (κ1) is 17.7. The highest BCUT2D eigenvalue weighted by molar-refractivity contribution is 8.08. The number of carbonyl (C=O) groups excluding carboxylic acids is 1. The second-order valence-corrected chi connectivity index (χ2v) is 7.94. The van der Waals surface area contributed by atoms with Crippen molar-refractivity contribution in [1.29, 1.82) is 5.26 Å². The Morgan fingerprint density at radius 3 is 2.23 bits per heavy atom. The van der Waals surface area contributed by atoms with Crippen LogP contribution in [0.5, 0.6) is 0 Å². The van der Waals surface area contributed by atoms with Gasteiger partial charge in [0.25, 0.3) is 5.04 Å². The molecule has 0 unspecified atom stereocenters.